The Morgan fingerprint density at radius 2 is 1.76 bits per heavy atom. The van der Waals surface area contributed by atoms with E-state index in [-0.39, 0.29) is 0 Å². The van der Waals surface area contributed by atoms with Crippen LogP contribution in [0.25, 0.3) is 0 Å². The fraction of sp³-hybridized carbons (Fsp3) is 0.500. The van der Waals surface area contributed by atoms with Crippen LogP contribution in [0.5, 0.6) is 0 Å². The second kappa shape index (κ2) is 7.41. The Morgan fingerprint density at radius 1 is 1.05 bits per heavy atom. The molecule has 0 bridgehead atoms. The van der Waals surface area contributed by atoms with Crippen molar-refractivity contribution in [3.63, 3.8) is 0 Å². The summed E-state index contributed by atoms with van der Waals surface area (Å²) in [6.45, 7) is 9.68. The van der Waals surface area contributed by atoms with E-state index in [1.165, 1.54) is 11.3 Å². The van der Waals surface area contributed by atoms with Crippen LogP contribution in [0.15, 0.2) is 42.6 Å². The van der Waals surface area contributed by atoms with Crippen LogP contribution in [-0.2, 0) is 6.42 Å². The van der Waals surface area contributed by atoms with Gasteiger partial charge in [-0.25, -0.2) is 0 Å². The van der Waals surface area contributed by atoms with Gasteiger partial charge in [0.05, 0.1) is 5.69 Å². The van der Waals surface area contributed by atoms with Gasteiger partial charge in [-0.2, -0.15) is 5.10 Å². The Labute approximate surface area is 128 Å². The summed E-state index contributed by atoms with van der Waals surface area (Å²) in [6.07, 6.45) is 3.06. The van der Waals surface area contributed by atoms with Gasteiger partial charge in [-0.3, -0.25) is 4.68 Å². The largest absolute Gasteiger partial charge is 0.314 e. The van der Waals surface area contributed by atoms with Crippen molar-refractivity contribution < 1.29 is 0 Å². The molecular weight excluding hydrogens is 258 g/mol. The highest BCUT2D eigenvalue weighted by molar-refractivity contribution is 5.22. The van der Waals surface area contributed by atoms with Crippen molar-refractivity contribution in [3.05, 3.63) is 53.9 Å². The molecule has 0 saturated carbocycles. The molecule has 0 radical (unpaired) electrons. The maximum absolute atomic E-state index is 4.69. The molecule has 1 unspecified atom stereocenters. The van der Waals surface area contributed by atoms with Gasteiger partial charge in [-0.15, -0.1) is 0 Å². The molecule has 3 heteroatoms. The van der Waals surface area contributed by atoms with E-state index in [0.29, 0.717) is 18.0 Å². The number of hydrogen-bond donors (Lipinski definition) is 1. The Kier molecular flexibility index (Phi) is 5.57. The summed E-state index contributed by atoms with van der Waals surface area (Å²) in [5.74, 6) is 0.462. The van der Waals surface area contributed by atoms with Crippen LogP contribution in [-0.4, -0.2) is 22.4 Å². The highest BCUT2D eigenvalue weighted by atomic mass is 15.3. The molecule has 1 aromatic carbocycles. The van der Waals surface area contributed by atoms with Crippen molar-refractivity contribution in [3.8, 4) is 0 Å². The molecule has 114 valence electrons. The van der Waals surface area contributed by atoms with E-state index in [2.05, 4.69) is 75.6 Å². The van der Waals surface area contributed by atoms with Crippen LogP contribution in [0.3, 0.4) is 0 Å². The lowest BCUT2D eigenvalue weighted by molar-refractivity contribution is 0.505. The molecular formula is C18H27N3. The van der Waals surface area contributed by atoms with E-state index in [0.717, 1.165) is 13.0 Å². The monoisotopic (exact) mass is 285 g/mol. The number of aromatic nitrogens is 2. The topological polar surface area (TPSA) is 29.9 Å². The molecule has 21 heavy (non-hydrogen) atoms. The van der Waals surface area contributed by atoms with Crippen molar-refractivity contribution >= 4 is 0 Å². The van der Waals surface area contributed by atoms with E-state index in [9.17, 15) is 0 Å². The summed E-state index contributed by atoms with van der Waals surface area (Å²) in [7, 11) is 0. The van der Waals surface area contributed by atoms with E-state index >= 15 is 0 Å². The molecule has 2 rings (SSSR count). The van der Waals surface area contributed by atoms with E-state index < -0.39 is 0 Å². The van der Waals surface area contributed by atoms with Crippen molar-refractivity contribution in [2.45, 2.75) is 52.1 Å². The van der Waals surface area contributed by atoms with Gasteiger partial charge in [0.1, 0.15) is 0 Å². The molecule has 1 heterocycles. The summed E-state index contributed by atoms with van der Waals surface area (Å²) >= 11 is 0. The third-order valence-corrected chi connectivity index (χ3v) is 3.69. The quantitative estimate of drug-likeness (QED) is 0.839. The fourth-order valence-electron chi connectivity index (χ4n) is 2.44. The number of rotatable bonds is 7. The third kappa shape index (κ3) is 4.71. The maximum Gasteiger partial charge on any atom is 0.0631 e. The minimum atomic E-state index is 0.419. The first kappa shape index (κ1) is 15.8. The number of nitrogens with one attached hydrogen (secondary N) is 1. The Morgan fingerprint density at radius 3 is 2.33 bits per heavy atom. The van der Waals surface area contributed by atoms with Crippen LogP contribution in [0.1, 0.15) is 50.9 Å². The van der Waals surface area contributed by atoms with Crippen LogP contribution < -0.4 is 5.32 Å². The summed E-state index contributed by atoms with van der Waals surface area (Å²) in [4.78, 5) is 0. The SMILES string of the molecule is CC(C)NCC(Cc1ccn(C(C)C)n1)c1ccccc1. The zero-order chi connectivity index (χ0) is 15.2. The molecule has 0 amide bonds. The maximum atomic E-state index is 4.69. The molecule has 0 aliphatic carbocycles. The van der Waals surface area contributed by atoms with Crippen LogP contribution in [0, 0.1) is 0 Å². The third-order valence-electron chi connectivity index (χ3n) is 3.69. The standard InChI is InChI=1S/C18H27N3/c1-14(2)19-13-17(16-8-6-5-7-9-16)12-18-10-11-21(20-18)15(3)4/h5-11,14-15,17,19H,12-13H2,1-4H3. The molecule has 0 aliphatic heterocycles. The number of nitrogens with zero attached hydrogens (tertiary/aromatic N) is 2. The van der Waals surface area contributed by atoms with Gasteiger partial charge in [0, 0.05) is 30.7 Å². The van der Waals surface area contributed by atoms with Gasteiger partial charge >= 0.3 is 0 Å². The second-order valence-corrected chi connectivity index (χ2v) is 6.26. The first-order valence-corrected chi connectivity index (χ1v) is 7.88. The summed E-state index contributed by atoms with van der Waals surface area (Å²) in [6, 6.07) is 13.8. The highest BCUT2D eigenvalue weighted by Crippen LogP contribution is 2.20. The Balaban J connectivity index is 2.11. The minimum Gasteiger partial charge on any atom is -0.314 e. The van der Waals surface area contributed by atoms with Gasteiger partial charge < -0.3 is 5.32 Å². The van der Waals surface area contributed by atoms with E-state index in [4.69, 9.17) is 5.10 Å². The molecule has 1 N–H and O–H groups in total. The predicted molar refractivity (Wildman–Crippen MR) is 88.6 cm³/mol. The van der Waals surface area contributed by atoms with Crippen LogP contribution in [0.2, 0.25) is 0 Å². The van der Waals surface area contributed by atoms with Crippen LogP contribution in [0.4, 0.5) is 0 Å². The Bertz CT molecular complexity index is 528. The second-order valence-electron chi connectivity index (χ2n) is 6.26. The molecule has 3 nitrogen and oxygen atoms in total. The van der Waals surface area contributed by atoms with E-state index in [1.807, 2.05) is 4.68 Å². The summed E-state index contributed by atoms with van der Waals surface area (Å²) in [5, 5.41) is 8.25. The van der Waals surface area contributed by atoms with Gasteiger partial charge in [-0.1, -0.05) is 44.2 Å². The molecule has 2 aromatic rings. The number of benzene rings is 1. The molecule has 0 saturated heterocycles. The zero-order valence-electron chi connectivity index (χ0n) is 13.6. The lowest BCUT2D eigenvalue weighted by Gasteiger charge is -2.19. The normalized spacial score (nSPS) is 13.0. The highest BCUT2D eigenvalue weighted by Gasteiger charge is 2.14. The molecule has 0 spiro atoms. The van der Waals surface area contributed by atoms with Crippen molar-refractivity contribution in [2.24, 2.45) is 0 Å². The first-order valence-electron chi connectivity index (χ1n) is 7.88. The Hall–Kier alpha value is -1.61. The molecule has 0 aliphatic rings. The minimum absolute atomic E-state index is 0.419. The lowest BCUT2D eigenvalue weighted by Crippen LogP contribution is -2.29. The van der Waals surface area contributed by atoms with Crippen molar-refractivity contribution in [1.82, 2.24) is 15.1 Å². The average Bonchev–Trinajstić information content (AvgIpc) is 2.93. The molecule has 1 aromatic heterocycles. The average molecular weight is 285 g/mol. The molecule has 1 atom stereocenters. The van der Waals surface area contributed by atoms with Gasteiger partial charge in [-0.05, 0) is 31.9 Å². The predicted octanol–water partition coefficient (Wildman–Crippen LogP) is 3.79. The van der Waals surface area contributed by atoms with Crippen molar-refractivity contribution in [1.29, 1.82) is 0 Å². The van der Waals surface area contributed by atoms with Gasteiger partial charge in [0.25, 0.3) is 0 Å². The summed E-state index contributed by atoms with van der Waals surface area (Å²) in [5.41, 5.74) is 2.55. The van der Waals surface area contributed by atoms with Gasteiger partial charge in [0.15, 0.2) is 0 Å². The van der Waals surface area contributed by atoms with Gasteiger partial charge in [0.2, 0.25) is 0 Å². The van der Waals surface area contributed by atoms with E-state index in [1.54, 1.807) is 0 Å². The van der Waals surface area contributed by atoms with Crippen molar-refractivity contribution in [2.75, 3.05) is 6.54 Å². The zero-order valence-corrected chi connectivity index (χ0v) is 13.6. The first-order chi connectivity index (χ1) is 10.1. The smallest absolute Gasteiger partial charge is 0.0631 e. The molecule has 0 fully saturated rings. The summed E-state index contributed by atoms with van der Waals surface area (Å²) < 4.78 is 2.03. The van der Waals surface area contributed by atoms with Crippen LogP contribution >= 0.6 is 0 Å². The fourth-order valence-corrected chi connectivity index (χ4v) is 2.44. The lowest BCUT2D eigenvalue weighted by atomic mass is 9.94. The number of hydrogen-bond acceptors (Lipinski definition) is 2.